The van der Waals surface area contributed by atoms with E-state index in [1.54, 1.807) is 0 Å². The number of carbonyl (C=O) groups excluding carboxylic acids is 1. The van der Waals surface area contributed by atoms with Crippen molar-refractivity contribution in [2.24, 2.45) is 0 Å². The smallest absolute Gasteiger partial charge is 0.143 e. The van der Waals surface area contributed by atoms with Gasteiger partial charge >= 0.3 is 0 Å². The van der Waals surface area contributed by atoms with Crippen molar-refractivity contribution in [3.63, 3.8) is 0 Å². The van der Waals surface area contributed by atoms with Gasteiger partial charge in [0.2, 0.25) is 0 Å². The molecule has 0 bridgehead atoms. The van der Waals surface area contributed by atoms with Crippen molar-refractivity contribution in [1.82, 2.24) is 0 Å². The molecular weight excluding hydrogens is 254 g/mol. The summed E-state index contributed by atoms with van der Waals surface area (Å²) in [6, 6.07) is 3.25. The molecule has 0 spiro atoms. The second kappa shape index (κ2) is 4.64. The highest BCUT2D eigenvalue weighted by Crippen LogP contribution is 2.14. The van der Waals surface area contributed by atoms with E-state index in [1.807, 2.05) is 0 Å². The minimum Gasteiger partial charge on any atom is -0.299 e. The molecule has 0 saturated carbocycles. The number of Topliss-reactive ketones (excluding diaryl/α,β-unsaturated/α-hetero) is 1. The fourth-order valence-corrected chi connectivity index (χ4v) is 1.45. The van der Waals surface area contributed by atoms with Crippen molar-refractivity contribution < 1.29 is 13.6 Å². The second-order valence-corrected chi connectivity index (χ2v) is 4.17. The lowest BCUT2D eigenvalue weighted by Crippen LogP contribution is -2.12. The van der Waals surface area contributed by atoms with Gasteiger partial charge in [-0.15, -0.1) is 0 Å². The fraction of sp³-hybridized carbons (Fsp3) is 0.300. The number of alkyl halides is 1. The van der Waals surface area contributed by atoms with Crippen molar-refractivity contribution in [3.05, 3.63) is 35.4 Å². The zero-order chi connectivity index (χ0) is 10.7. The Kier molecular flexibility index (Phi) is 3.75. The molecule has 76 valence electrons. The Morgan fingerprint density at radius 2 is 1.86 bits per heavy atom. The van der Waals surface area contributed by atoms with E-state index in [9.17, 15) is 13.6 Å². The number of benzene rings is 1. The van der Waals surface area contributed by atoms with Crippen molar-refractivity contribution in [2.75, 3.05) is 0 Å². The topological polar surface area (TPSA) is 17.1 Å². The van der Waals surface area contributed by atoms with Gasteiger partial charge in [-0.05, 0) is 31.0 Å². The molecule has 0 radical (unpaired) electrons. The molecule has 0 aliphatic carbocycles. The van der Waals surface area contributed by atoms with Gasteiger partial charge in [0.25, 0.3) is 0 Å². The van der Waals surface area contributed by atoms with Gasteiger partial charge in [0, 0.05) is 6.07 Å². The van der Waals surface area contributed by atoms with E-state index in [0.29, 0.717) is 12.0 Å². The van der Waals surface area contributed by atoms with Crippen molar-refractivity contribution >= 4 is 21.7 Å². The molecule has 0 amide bonds. The third kappa shape index (κ3) is 3.18. The monoisotopic (exact) mass is 262 g/mol. The fourth-order valence-electron chi connectivity index (χ4n) is 1.08. The van der Waals surface area contributed by atoms with Crippen molar-refractivity contribution in [1.29, 1.82) is 0 Å². The Bertz CT molecular complexity index is 332. The van der Waals surface area contributed by atoms with Crippen LogP contribution in [0.15, 0.2) is 18.2 Å². The first-order valence-corrected chi connectivity index (χ1v) is 5.00. The van der Waals surface area contributed by atoms with Gasteiger partial charge in [-0.3, -0.25) is 4.79 Å². The van der Waals surface area contributed by atoms with Crippen LogP contribution in [0.2, 0.25) is 0 Å². The first kappa shape index (κ1) is 11.3. The van der Waals surface area contributed by atoms with Gasteiger partial charge in [0.1, 0.15) is 17.4 Å². The molecule has 1 nitrogen and oxygen atoms in total. The maximum atomic E-state index is 12.7. The Labute approximate surface area is 89.3 Å². The molecule has 1 atom stereocenters. The van der Waals surface area contributed by atoms with Crippen LogP contribution in [0.3, 0.4) is 0 Å². The summed E-state index contributed by atoms with van der Waals surface area (Å²) in [6.45, 7) is 1.43. The molecule has 0 fully saturated rings. The summed E-state index contributed by atoms with van der Waals surface area (Å²) in [6.07, 6.45) is 0.296. The Morgan fingerprint density at radius 1 is 1.36 bits per heavy atom. The summed E-state index contributed by atoms with van der Waals surface area (Å²) in [5.41, 5.74) is 0.472. The maximum absolute atomic E-state index is 12.7. The molecule has 0 heterocycles. The first-order valence-electron chi connectivity index (χ1n) is 4.08. The van der Waals surface area contributed by atoms with E-state index in [2.05, 4.69) is 15.9 Å². The number of ketones is 1. The Morgan fingerprint density at radius 3 is 2.29 bits per heavy atom. The molecule has 0 saturated heterocycles. The highest BCUT2D eigenvalue weighted by Gasteiger charge is 2.11. The highest BCUT2D eigenvalue weighted by molar-refractivity contribution is 9.10. The quantitative estimate of drug-likeness (QED) is 0.766. The lowest BCUT2D eigenvalue weighted by atomic mass is 10.1. The standard InChI is InChI=1S/C10H9BrF2O/c1-6(14)10(11)4-7-2-8(12)5-9(13)3-7/h2-3,5,10H,4H2,1H3. The van der Waals surface area contributed by atoms with Crippen LogP contribution in [-0.4, -0.2) is 10.6 Å². The average molecular weight is 263 g/mol. The predicted molar refractivity (Wildman–Crippen MR) is 53.5 cm³/mol. The minimum atomic E-state index is -0.622. The SMILES string of the molecule is CC(=O)C(Br)Cc1cc(F)cc(F)c1. The van der Waals surface area contributed by atoms with E-state index in [4.69, 9.17) is 0 Å². The molecule has 0 N–H and O–H groups in total. The molecule has 1 unspecified atom stereocenters. The third-order valence-corrected chi connectivity index (χ3v) is 2.75. The Hall–Kier alpha value is -0.770. The van der Waals surface area contributed by atoms with Crippen LogP contribution < -0.4 is 0 Å². The average Bonchev–Trinajstić information content (AvgIpc) is 2.01. The highest BCUT2D eigenvalue weighted by atomic mass is 79.9. The molecule has 14 heavy (non-hydrogen) atoms. The minimum absolute atomic E-state index is 0.0605. The summed E-state index contributed by atoms with van der Waals surface area (Å²) < 4.78 is 25.5. The third-order valence-electron chi connectivity index (χ3n) is 1.78. The normalized spacial score (nSPS) is 12.6. The van der Waals surface area contributed by atoms with E-state index in [1.165, 1.54) is 19.1 Å². The van der Waals surface area contributed by atoms with Gasteiger partial charge in [-0.1, -0.05) is 15.9 Å². The van der Waals surface area contributed by atoms with E-state index < -0.39 is 11.6 Å². The van der Waals surface area contributed by atoms with Gasteiger partial charge < -0.3 is 0 Å². The van der Waals surface area contributed by atoms with Crippen LogP contribution in [0.4, 0.5) is 8.78 Å². The van der Waals surface area contributed by atoms with E-state index >= 15 is 0 Å². The number of hydrogen-bond acceptors (Lipinski definition) is 1. The number of hydrogen-bond donors (Lipinski definition) is 0. The van der Waals surface area contributed by atoms with E-state index in [-0.39, 0.29) is 10.6 Å². The van der Waals surface area contributed by atoms with Gasteiger partial charge in [-0.25, -0.2) is 8.78 Å². The summed E-state index contributed by atoms with van der Waals surface area (Å²) in [5, 5.41) is 0. The number of rotatable bonds is 3. The zero-order valence-electron chi connectivity index (χ0n) is 7.56. The molecule has 0 aliphatic rings. The van der Waals surface area contributed by atoms with Gasteiger partial charge in [0.05, 0.1) is 4.83 Å². The zero-order valence-corrected chi connectivity index (χ0v) is 9.14. The summed E-state index contributed by atoms with van der Waals surface area (Å²) in [5.74, 6) is -1.30. The lowest BCUT2D eigenvalue weighted by molar-refractivity contribution is -0.116. The molecule has 1 aromatic rings. The van der Waals surface area contributed by atoms with Gasteiger partial charge in [0.15, 0.2) is 0 Å². The maximum Gasteiger partial charge on any atom is 0.143 e. The predicted octanol–water partition coefficient (Wildman–Crippen LogP) is 2.86. The van der Waals surface area contributed by atoms with Crippen LogP contribution >= 0.6 is 15.9 Å². The molecule has 4 heteroatoms. The Balaban J connectivity index is 2.81. The van der Waals surface area contributed by atoms with Crippen molar-refractivity contribution in [3.8, 4) is 0 Å². The lowest BCUT2D eigenvalue weighted by Gasteiger charge is -2.05. The van der Waals surface area contributed by atoms with E-state index in [0.717, 1.165) is 6.07 Å². The largest absolute Gasteiger partial charge is 0.299 e. The molecule has 1 rings (SSSR count). The first-order chi connectivity index (χ1) is 6.49. The second-order valence-electron chi connectivity index (χ2n) is 3.06. The molecule has 0 aromatic heterocycles. The summed E-state index contributed by atoms with van der Waals surface area (Å²) in [7, 11) is 0. The summed E-state index contributed by atoms with van der Waals surface area (Å²) in [4.78, 5) is 10.5. The molecule has 1 aromatic carbocycles. The van der Waals surface area contributed by atoms with Crippen LogP contribution in [0.5, 0.6) is 0 Å². The molecule has 0 aliphatic heterocycles. The molecular formula is C10H9BrF2O. The van der Waals surface area contributed by atoms with Crippen molar-refractivity contribution in [2.45, 2.75) is 18.2 Å². The number of carbonyl (C=O) groups is 1. The van der Waals surface area contributed by atoms with Crippen LogP contribution in [0, 0.1) is 11.6 Å². The van der Waals surface area contributed by atoms with Crippen LogP contribution in [0.25, 0.3) is 0 Å². The van der Waals surface area contributed by atoms with Crippen LogP contribution in [-0.2, 0) is 11.2 Å². The van der Waals surface area contributed by atoms with Gasteiger partial charge in [-0.2, -0.15) is 0 Å². The summed E-state index contributed by atoms with van der Waals surface area (Å²) >= 11 is 3.13. The number of halogens is 3. The van der Waals surface area contributed by atoms with Crippen LogP contribution in [0.1, 0.15) is 12.5 Å².